The summed E-state index contributed by atoms with van der Waals surface area (Å²) < 4.78 is 1.77. The number of hydrogen-bond donors (Lipinski definition) is 1. The predicted molar refractivity (Wildman–Crippen MR) is 134 cm³/mol. The number of hydrogen-bond acceptors (Lipinski definition) is 4. The van der Waals surface area contributed by atoms with Crippen LogP contribution >= 0.6 is 0 Å². The van der Waals surface area contributed by atoms with E-state index < -0.39 is 11.5 Å². The first-order chi connectivity index (χ1) is 16.1. The highest BCUT2D eigenvalue weighted by Gasteiger charge is 2.31. The minimum Gasteiger partial charge on any atom is -0.340 e. The quantitative estimate of drug-likeness (QED) is 0.529. The highest BCUT2D eigenvalue weighted by Crippen LogP contribution is 2.31. The number of carbonyl (C=O) groups is 2. The Labute approximate surface area is 202 Å². The number of carbonyl (C=O) groups excluding carboxylic acids is 2. The fraction of sp³-hybridized carbons (Fsp3) is 0.429. The van der Waals surface area contributed by atoms with Gasteiger partial charge < -0.3 is 5.32 Å². The standard InChI is InChI=1S/C23H24N4O2.C5H10/c1-15(28)21(23(2,3)4)25-22(29)20-18-7-5-6-8-19(18)27(26-20)14-17-11-9-16(13-24)10-12-17;1-2-5-3-4-5/h5-12,21H,14H2,1-4H3,(H,25,29);5H,2-4H2,1H3/t21-;/m1./s1. The number of ketones is 1. The minimum atomic E-state index is -0.600. The van der Waals surface area contributed by atoms with E-state index in [9.17, 15) is 9.59 Å². The molecule has 1 saturated carbocycles. The zero-order valence-electron chi connectivity index (χ0n) is 20.8. The molecule has 6 nitrogen and oxygen atoms in total. The Morgan fingerprint density at radius 2 is 1.79 bits per heavy atom. The number of benzene rings is 2. The number of aromatic nitrogens is 2. The zero-order chi connectivity index (χ0) is 24.9. The molecular weight excluding hydrogens is 424 g/mol. The van der Waals surface area contributed by atoms with Gasteiger partial charge >= 0.3 is 0 Å². The lowest BCUT2D eigenvalue weighted by Crippen LogP contribution is -2.48. The smallest absolute Gasteiger partial charge is 0.273 e. The Kier molecular flexibility index (Phi) is 7.88. The van der Waals surface area contributed by atoms with E-state index in [1.807, 2.05) is 57.2 Å². The van der Waals surface area contributed by atoms with Crippen LogP contribution in [0.4, 0.5) is 0 Å². The molecule has 1 amide bonds. The summed E-state index contributed by atoms with van der Waals surface area (Å²) in [4.78, 5) is 25.1. The van der Waals surface area contributed by atoms with Crippen LogP contribution in [0.2, 0.25) is 0 Å². The fourth-order valence-electron chi connectivity index (χ4n) is 3.93. The van der Waals surface area contributed by atoms with Gasteiger partial charge in [-0.05, 0) is 42.0 Å². The SMILES string of the molecule is CC(=O)[C@@H](NC(=O)c1nn(Cc2ccc(C#N)cc2)c2ccccc12)C(C)(C)C.CCC1CC1. The number of amides is 1. The highest BCUT2D eigenvalue weighted by atomic mass is 16.2. The van der Waals surface area contributed by atoms with E-state index in [2.05, 4.69) is 23.4 Å². The second-order valence-electron chi connectivity index (χ2n) is 10.1. The summed E-state index contributed by atoms with van der Waals surface area (Å²) in [5.41, 5.74) is 2.29. The van der Waals surface area contributed by atoms with Crippen molar-refractivity contribution in [3.05, 3.63) is 65.4 Å². The molecule has 1 aromatic heterocycles. The lowest BCUT2D eigenvalue weighted by molar-refractivity contribution is -0.121. The van der Waals surface area contributed by atoms with Gasteiger partial charge in [0.1, 0.15) is 0 Å². The minimum absolute atomic E-state index is 0.0906. The third kappa shape index (κ3) is 6.32. The van der Waals surface area contributed by atoms with Gasteiger partial charge in [0.2, 0.25) is 0 Å². The van der Waals surface area contributed by atoms with Gasteiger partial charge in [0.25, 0.3) is 5.91 Å². The fourth-order valence-corrected chi connectivity index (χ4v) is 3.93. The van der Waals surface area contributed by atoms with Crippen LogP contribution in [0.5, 0.6) is 0 Å². The van der Waals surface area contributed by atoms with E-state index in [4.69, 9.17) is 5.26 Å². The van der Waals surface area contributed by atoms with Crippen molar-refractivity contribution in [3.8, 4) is 6.07 Å². The molecule has 34 heavy (non-hydrogen) atoms. The first kappa shape index (κ1) is 25.2. The molecule has 2 aromatic carbocycles. The van der Waals surface area contributed by atoms with E-state index in [1.165, 1.54) is 26.2 Å². The number of Topliss-reactive ketones (excluding diaryl/α,β-unsaturated/α-hetero) is 1. The maximum absolute atomic E-state index is 13.0. The first-order valence-corrected chi connectivity index (χ1v) is 11.9. The molecule has 1 heterocycles. The summed E-state index contributed by atoms with van der Waals surface area (Å²) in [5.74, 6) is 0.678. The van der Waals surface area contributed by atoms with E-state index in [0.717, 1.165) is 22.4 Å². The van der Waals surface area contributed by atoms with Crippen molar-refractivity contribution < 1.29 is 9.59 Å². The van der Waals surface area contributed by atoms with Gasteiger partial charge in [0.15, 0.2) is 11.5 Å². The van der Waals surface area contributed by atoms with Crippen LogP contribution in [-0.2, 0) is 11.3 Å². The molecule has 178 valence electrons. The van der Waals surface area contributed by atoms with Crippen LogP contribution in [0.1, 0.15) is 75.5 Å². The van der Waals surface area contributed by atoms with Gasteiger partial charge in [-0.15, -0.1) is 0 Å². The van der Waals surface area contributed by atoms with Gasteiger partial charge in [-0.25, -0.2) is 0 Å². The van der Waals surface area contributed by atoms with Crippen molar-refractivity contribution in [2.45, 2.75) is 66.5 Å². The largest absolute Gasteiger partial charge is 0.340 e. The molecule has 0 aliphatic heterocycles. The molecule has 0 spiro atoms. The van der Waals surface area contributed by atoms with Crippen LogP contribution in [0, 0.1) is 22.7 Å². The molecule has 1 fully saturated rings. The van der Waals surface area contributed by atoms with Crippen LogP contribution < -0.4 is 5.32 Å². The summed E-state index contributed by atoms with van der Waals surface area (Å²) in [6, 6.07) is 16.3. The monoisotopic (exact) mass is 458 g/mol. The third-order valence-electron chi connectivity index (χ3n) is 6.11. The second kappa shape index (κ2) is 10.6. The molecule has 4 rings (SSSR count). The number of nitrogens with zero attached hydrogens (tertiary/aromatic N) is 3. The van der Waals surface area contributed by atoms with Crippen molar-refractivity contribution in [2.24, 2.45) is 11.3 Å². The molecule has 1 atom stereocenters. The summed E-state index contributed by atoms with van der Waals surface area (Å²) >= 11 is 0. The van der Waals surface area contributed by atoms with Crippen molar-refractivity contribution in [3.63, 3.8) is 0 Å². The summed E-state index contributed by atoms with van der Waals surface area (Å²) in [6.45, 7) is 9.97. The Morgan fingerprint density at radius 1 is 1.15 bits per heavy atom. The zero-order valence-corrected chi connectivity index (χ0v) is 20.8. The Morgan fingerprint density at radius 3 is 2.29 bits per heavy atom. The first-order valence-electron chi connectivity index (χ1n) is 11.9. The van der Waals surface area contributed by atoms with Crippen LogP contribution in [0.3, 0.4) is 0 Å². The lowest BCUT2D eigenvalue weighted by Gasteiger charge is -2.29. The van der Waals surface area contributed by atoms with Gasteiger partial charge in [-0.2, -0.15) is 10.4 Å². The molecule has 1 aliphatic carbocycles. The summed E-state index contributed by atoms with van der Waals surface area (Å²) in [7, 11) is 0. The second-order valence-corrected chi connectivity index (χ2v) is 10.1. The molecule has 0 bridgehead atoms. The maximum atomic E-state index is 13.0. The van der Waals surface area contributed by atoms with Crippen molar-refractivity contribution in [1.82, 2.24) is 15.1 Å². The van der Waals surface area contributed by atoms with Crippen LogP contribution in [0.15, 0.2) is 48.5 Å². The number of nitriles is 1. The normalized spacial score (nSPS) is 14.0. The Hall–Kier alpha value is -3.46. The van der Waals surface area contributed by atoms with Gasteiger partial charge in [0.05, 0.1) is 29.7 Å². The number of fused-ring (bicyclic) bond motifs is 1. The predicted octanol–water partition coefficient (Wildman–Crippen LogP) is 5.50. The molecule has 0 saturated heterocycles. The van der Waals surface area contributed by atoms with E-state index in [1.54, 1.807) is 16.8 Å². The number of rotatable bonds is 6. The van der Waals surface area contributed by atoms with Crippen molar-refractivity contribution >= 4 is 22.6 Å². The Bertz CT molecular complexity index is 1190. The third-order valence-corrected chi connectivity index (χ3v) is 6.11. The van der Waals surface area contributed by atoms with E-state index >= 15 is 0 Å². The van der Waals surface area contributed by atoms with Crippen LogP contribution in [-0.4, -0.2) is 27.5 Å². The lowest BCUT2D eigenvalue weighted by atomic mass is 9.84. The number of nitrogens with one attached hydrogen (secondary N) is 1. The van der Waals surface area contributed by atoms with Gasteiger partial charge in [-0.1, -0.05) is 77.3 Å². The van der Waals surface area contributed by atoms with E-state index in [0.29, 0.717) is 17.8 Å². The molecule has 0 unspecified atom stereocenters. The maximum Gasteiger partial charge on any atom is 0.273 e. The van der Waals surface area contributed by atoms with Crippen LogP contribution in [0.25, 0.3) is 10.9 Å². The molecule has 3 aromatic rings. The summed E-state index contributed by atoms with van der Waals surface area (Å²) in [6.07, 6.45) is 4.44. The molecule has 0 radical (unpaired) electrons. The number of para-hydroxylation sites is 1. The van der Waals surface area contributed by atoms with Crippen molar-refractivity contribution in [1.29, 1.82) is 5.26 Å². The highest BCUT2D eigenvalue weighted by molar-refractivity contribution is 6.06. The Balaban J connectivity index is 0.000000574. The average molecular weight is 459 g/mol. The molecule has 6 heteroatoms. The molecule has 1 N–H and O–H groups in total. The molecular formula is C28H34N4O2. The molecule has 1 aliphatic rings. The average Bonchev–Trinajstić information content (AvgIpc) is 3.59. The van der Waals surface area contributed by atoms with E-state index in [-0.39, 0.29) is 11.7 Å². The topological polar surface area (TPSA) is 87.8 Å². The van der Waals surface area contributed by atoms with Gasteiger partial charge in [0, 0.05) is 5.39 Å². The van der Waals surface area contributed by atoms with Gasteiger partial charge in [-0.3, -0.25) is 14.3 Å². The van der Waals surface area contributed by atoms with Crippen molar-refractivity contribution in [2.75, 3.05) is 0 Å². The summed E-state index contributed by atoms with van der Waals surface area (Å²) in [5, 5.41) is 17.1.